The van der Waals surface area contributed by atoms with E-state index in [1.807, 2.05) is 0 Å². The molecule has 1 aromatic heterocycles. The van der Waals surface area contributed by atoms with Gasteiger partial charge in [0.2, 0.25) is 0 Å². The number of hydrogen-bond acceptors (Lipinski definition) is 10. The van der Waals surface area contributed by atoms with Gasteiger partial charge < -0.3 is 20.1 Å². The van der Waals surface area contributed by atoms with Crippen molar-refractivity contribution in [1.82, 2.24) is 9.97 Å². The average molecular weight is 474 g/mol. The van der Waals surface area contributed by atoms with E-state index in [0.717, 1.165) is 0 Å². The first-order valence-electron chi connectivity index (χ1n) is 10.4. The third-order valence-corrected chi connectivity index (χ3v) is 7.51. The molecule has 2 aromatic rings. The summed E-state index contributed by atoms with van der Waals surface area (Å²) >= 11 is 0. The van der Waals surface area contributed by atoms with Crippen LogP contribution in [0.25, 0.3) is 0 Å². The summed E-state index contributed by atoms with van der Waals surface area (Å²) in [4.78, 5) is 26.9. The van der Waals surface area contributed by atoms with Crippen molar-refractivity contribution in [3.05, 3.63) is 47.9 Å². The Labute approximate surface area is 190 Å². The van der Waals surface area contributed by atoms with Crippen molar-refractivity contribution in [2.75, 3.05) is 18.5 Å². The van der Waals surface area contributed by atoms with Crippen molar-refractivity contribution in [3.63, 3.8) is 0 Å². The highest BCUT2D eigenvalue weighted by Crippen LogP contribution is 2.33. The number of carbonyl (C=O) groups excluding carboxylic acids is 1. The van der Waals surface area contributed by atoms with Crippen molar-refractivity contribution in [1.29, 1.82) is 0 Å². The molecule has 2 fully saturated rings. The fraction of sp³-hybridized carbons (Fsp3) is 0.381. The maximum Gasteiger partial charge on any atom is 0.279 e. The first kappa shape index (κ1) is 22.8. The van der Waals surface area contributed by atoms with Gasteiger partial charge in [0.15, 0.2) is 27.5 Å². The molecule has 0 unspecified atom stereocenters. The zero-order valence-electron chi connectivity index (χ0n) is 17.8. The van der Waals surface area contributed by atoms with Crippen molar-refractivity contribution in [2.24, 2.45) is 10.3 Å². The fourth-order valence-corrected chi connectivity index (χ4v) is 4.78. The Kier molecular flexibility index (Phi) is 6.65. The lowest BCUT2D eigenvalue weighted by atomic mass is 10.1. The van der Waals surface area contributed by atoms with Gasteiger partial charge in [0.05, 0.1) is 35.8 Å². The number of ether oxygens (including phenoxy) is 1. The van der Waals surface area contributed by atoms with Gasteiger partial charge in [0, 0.05) is 12.0 Å². The summed E-state index contributed by atoms with van der Waals surface area (Å²) in [5.74, 6) is -0.458. The van der Waals surface area contributed by atoms with E-state index < -0.39 is 15.7 Å². The summed E-state index contributed by atoms with van der Waals surface area (Å²) in [5.41, 5.74) is 0.961. The molecule has 1 atom stereocenters. The van der Waals surface area contributed by atoms with Crippen LogP contribution in [0.5, 0.6) is 0 Å². The maximum atomic E-state index is 13.0. The molecule has 174 valence electrons. The minimum atomic E-state index is -3.35. The smallest absolute Gasteiger partial charge is 0.279 e. The molecular weight excluding hydrogens is 450 g/mol. The van der Waals surface area contributed by atoms with E-state index in [9.17, 15) is 13.2 Å². The van der Waals surface area contributed by atoms with Crippen LogP contribution in [0.1, 0.15) is 37.4 Å². The molecule has 2 aliphatic rings. The molecule has 0 bridgehead atoms. The predicted molar refractivity (Wildman–Crippen MR) is 118 cm³/mol. The number of anilines is 1. The minimum Gasteiger partial charge on any atom is -0.411 e. The Balaban J connectivity index is 1.56. The van der Waals surface area contributed by atoms with Gasteiger partial charge in [-0.2, -0.15) is 0 Å². The molecule has 0 spiro atoms. The lowest BCUT2D eigenvalue weighted by Gasteiger charge is -2.11. The Morgan fingerprint density at radius 3 is 2.52 bits per heavy atom. The zero-order chi connectivity index (χ0) is 23.4. The van der Waals surface area contributed by atoms with E-state index >= 15 is 0 Å². The van der Waals surface area contributed by atoms with Crippen LogP contribution in [0, 0.1) is 0 Å². The quantitative estimate of drug-likeness (QED) is 0.334. The number of nitrogens with one attached hydrogen (secondary N) is 1. The second-order valence-corrected chi connectivity index (χ2v) is 9.95. The van der Waals surface area contributed by atoms with Gasteiger partial charge >= 0.3 is 0 Å². The Hall–Kier alpha value is -3.38. The largest absolute Gasteiger partial charge is 0.411 e. The third-order valence-electron chi connectivity index (χ3n) is 5.23. The Morgan fingerprint density at radius 2 is 1.94 bits per heavy atom. The molecule has 2 N–H and O–H groups in total. The molecule has 4 rings (SSSR count). The van der Waals surface area contributed by atoms with E-state index in [4.69, 9.17) is 14.8 Å². The molecule has 0 radical (unpaired) electrons. The van der Waals surface area contributed by atoms with Gasteiger partial charge in [-0.3, -0.25) is 4.79 Å². The summed E-state index contributed by atoms with van der Waals surface area (Å²) in [6.07, 6.45) is 4.37. The SMILES string of the molecule is C/C(=N/O)c1cnc(NC(=O)C(=NO[C@@H]2CCOC2)c2ccc(S(=O)(=O)C3CC3)cc2)cn1. The number of rotatable bonds is 8. The number of aromatic nitrogens is 2. The van der Waals surface area contributed by atoms with Crippen LogP contribution in [-0.2, 0) is 24.2 Å². The van der Waals surface area contributed by atoms with Crippen LogP contribution in [0.2, 0.25) is 0 Å². The number of carbonyl (C=O) groups is 1. The highest BCUT2D eigenvalue weighted by Gasteiger charge is 2.36. The number of amides is 1. The summed E-state index contributed by atoms with van der Waals surface area (Å²) in [6.45, 7) is 2.48. The second-order valence-electron chi connectivity index (χ2n) is 7.73. The van der Waals surface area contributed by atoms with Gasteiger partial charge in [-0.25, -0.2) is 18.4 Å². The number of sulfone groups is 1. The molecule has 11 nitrogen and oxygen atoms in total. The minimum absolute atomic E-state index is 0.0451. The van der Waals surface area contributed by atoms with Crippen LogP contribution in [0.3, 0.4) is 0 Å². The Morgan fingerprint density at radius 1 is 1.18 bits per heavy atom. The topological polar surface area (TPSA) is 152 Å². The molecule has 1 saturated heterocycles. The summed E-state index contributed by atoms with van der Waals surface area (Å²) in [5, 5.41) is 18.2. The average Bonchev–Trinajstić information content (AvgIpc) is 3.57. The molecule has 2 heterocycles. The van der Waals surface area contributed by atoms with Crippen LogP contribution in [0.15, 0.2) is 51.9 Å². The molecule has 33 heavy (non-hydrogen) atoms. The number of benzene rings is 1. The highest BCUT2D eigenvalue weighted by molar-refractivity contribution is 7.92. The lowest BCUT2D eigenvalue weighted by molar-refractivity contribution is -0.110. The van der Waals surface area contributed by atoms with Gasteiger partial charge in [-0.05, 0) is 31.9 Å². The van der Waals surface area contributed by atoms with Crippen LogP contribution in [0.4, 0.5) is 5.82 Å². The van der Waals surface area contributed by atoms with Gasteiger partial charge in [0.25, 0.3) is 5.91 Å². The van der Waals surface area contributed by atoms with Crippen LogP contribution >= 0.6 is 0 Å². The van der Waals surface area contributed by atoms with Crippen LogP contribution < -0.4 is 5.32 Å². The second kappa shape index (κ2) is 9.63. The third kappa shape index (κ3) is 5.34. The van der Waals surface area contributed by atoms with Gasteiger partial charge in [-0.15, -0.1) is 0 Å². The van der Waals surface area contributed by atoms with E-state index in [1.165, 1.54) is 36.7 Å². The van der Waals surface area contributed by atoms with E-state index in [1.54, 1.807) is 6.92 Å². The fourth-order valence-electron chi connectivity index (χ4n) is 3.13. The van der Waals surface area contributed by atoms with E-state index in [2.05, 4.69) is 25.6 Å². The Bertz CT molecular complexity index is 1170. The van der Waals surface area contributed by atoms with Gasteiger partial charge in [0.1, 0.15) is 11.4 Å². The standard InChI is InChI=1S/C21H23N5O6S/c1-13(25-28)18-10-23-19(11-22-18)24-21(27)20(26-32-15-8-9-31-12-15)14-2-4-16(5-3-14)33(29,30)17-6-7-17/h2-5,10-11,15,17,28H,6-9,12H2,1H3,(H,23,24,27)/b25-13-,26-20?/t15-/m1/s1. The summed E-state index contributed by atoms with van der Waals surface area (Å²) in [7, 11) is -3.35. The molecule has 1 amide bonds. The van der Waals surface area contributed by atoms with E-state index in [-0.39, 0.29) is 33.5 Å². The normalized spacial score (nSPS) is 19.4. The van der Waals surface area contributed by atoms with Crippen molar-refractivity contribution < 1.29 is 28.0 Å². The number of nitrogens with zero attached hydrogens (tertiary/aromatic N) is 4. The zero-order valence-corrected chi connectivity index (χ0v) is 18.7. The van der Waals surface area contributed by atoms with Crippen molar-refractivity contribution in [2.45, 2.75) is 42.4 Å². The molecular formula is C21H23N5O6S. The molecule has 1 aromatic carbocycles. The highest BCUT2D eigenvalue weighted by atomic mass is 32.2. The van der Waals surface area contributed by atoms with E-state index in [0.29, 0.717) is 43.7 Å². The van der Waals surface area contributed by atoms with Crippen molar-refractivity contribution in [3.8, 4) is 0 Å². The summed E-state index contributed by atoms with van der Waals surface area (Å²) < 4.78 is 30.2. The summed E-state index contributed by atoms with van der Waals surface area (Å²) in [6, 6.07) is 5.99. The molecule has 1 aliphatic heterocycles. The maximum absolute atomic E-state index is 13.0. The first-order chi connectivity index (χ1) is 15.9. The number of hydrogen-bond donors (Lipinski definition) is 2. The monoisotopic (exact) mass is 473 g/mol. The molecule has 1 aliphatic carbocycles. The van der Waals surface area contributed by atoms with Gasteiger partial charge in [-0.1, -0.05) is 22.4 Å². The number of oxime groups is 2. The first-order valence-corrected chi connectivity index (χ1v) is 11.9. The van der Waals surface area contributed by atoms with Crippen LogP contribution in [-0.4, -0.2) is 65.5 Å². The molecule has 12 heteroatoms. The molecule has 1 saturated carbocycles. The van der Waals surface area contributed by atoms with Crippen molar-refractivity contribution >= 4 is 33.0 Å². The predicted octanol–water partition coefficient (Wildman–Crippen LogP) is 1.76. The lowest BCUT2D eigenvalue weighted by Crippen LogP contribution is -2.26.